The molecule has 2 N–H and O–H groups in total. The van der Waals surface area contributed by atoms with Gasteiger partial charge in [-0.15, -0.1) is 11.3 Å². The Hall–Kier alpha value is -2.03. The molecule has 1 aromatic heterocycles. The van der Waals surface area contributed by atoms with Crippen LogP contribution in [0.5, 0.6) is 5.75 Å². The second kappa shape index (κ2) is 13.2. The van der Waals surface area contributed by atoms with E-state index in [1.165, 1.54) is 11.3 Å². The molecule has 34 heavy (non-hydrogen) atoms. The van der Waals surface area contributed by atoms with Gasteiger partial charge in [0.25, 0.3) is 5.92 Å². The lowest BCUT2D eigenvalue weighted by Crippen LogP contribution is -2.29. The molecule has 1 aromatic carbocycles. The monoisotopic (exact) mass is 496 g/mol. The van der Waals surface area contributed by atoms with E-state index < -0.39 is 18.6 Å². The molecular weight excluding hydrogens is 462 g/mol. The average Bonchev–Trinajstić information content (AvgIpc) is 3.44. The van der Waals surface area contributed by atoms with E-state index in [1.807, 2.05) is 6.07 Å². The Morgan fingerprint density at radius 2 is 1.88 bits per heavy atom. The van der Waals surface area contributed by atoms with Gasteiger partial charge >= 0.3 is 5.97 Å². The molecule has 3 atom stereocenters. The molecule has 1 aliphatic carbocycles. The minimum atomic E-state index is -2.94. The van der Waals surface area contributed by atoms with Gasteiger partial charge < -0.3 is 19.7 Å². The standard InChI is InChI=1S/C26H34F2O5S/c27-26(28,18-33-20-7-2-1-3-8-20)15-14-22-19(10-12-23(22)30)6-4-9-21-11-13-24(34-21)25(31)32-17-5-16-29/h1-3,7-8,11,13,19,22-23,29-30H,4-6,9-10,12,14-18H2/t19-,22+,23+/m0/s1. The first kappa shape index (κ1) is 26.6. The van der Waals surface area contributed by atoms with Crippen molar-refractivity contribution in [3.05, 3.63) is 52.2 Å². The number of ether oxygens (including phenoxy) is 2. The number of thiophene rings is 1. The Labute approximate surface area is 203 Å². The van der Waals surface area contributed by atoms with Crippen LogP contribution >= 0.6 is 11.3 Å². The van der Waals surface area contributed by atoms with E-state index in [0.717, 1.165) is 30.6 Å². The zero-order valence-electron chi connectivity index (χ0n) is 19.3. The molecule has 8 heteroatoms. The minimum absolute atomic E-state index is 0.0149. The molecule has 0 spiro atoms. The third-order valence-electron chi connectivity index (χ3n) is 6.37. The summed E-state index contributed by atoms with van der Waals surface area (Å²) < 4.78 is 39.1. The van der Waals surface area contributed by atoms with Gasteiger partial charge in [0.05, 0.1) is 12.7 Å². The van der Waals surface area contributed by atoms with Gasteiger partial charge in [0, 0.05) is 24.3 Å². The number of aryl methyl sites for hydroxylation is 1. The molecular formula is C26H34F2O5S. The first-order chi connectivity index (χ1) is 16.4. The molecule has 5 nitrogen and oxygen atoms in total. The van der Waals surface area contributed by atoms with Crippen molar-refractivity contribution in [1.29, 1.82) is 0 Å². The molecule has 2 aromatic rings. The molecule has 1 saturated carbocycles. The van der Waals surface area contributed by atoms with Crippen LogP contribution in [0.3, 0.4) is 0 Å². The van der Waals surface area contributed by atoms with Crippen LogP contribution in [0.25, 0.3) is 0 Å². The van der Waals surface area contributed by atoms with Crippen molar-refractivity contribution in [3.8, 4) is 5.75 Å². The summed E-state index contributed by atoms with van der Waals surface area (Å²) in [5, 5.41) is 19.2. The van der Waals surface area contributed by atoms with Crippen molar-refractivity contribution in [2.75, 3.05) is 19.8 Å². The number of hydrogen-bond acceptors (Lipinski definition) is 6. The summed E-state index contributed by atoms with van der Waals surface area (Å²) >= 11 is 1.40. The summed E-state index contributed by atoms with van der Waals surface area (Å²) in [5.41, 5.74) is 0. The Morgan fingerprint density at radius 1 is 1.09 bits per heavy atom. The van der Waals surface area contributed by atoms with Gasteiger partial charge in [-0.2, -0.15) is 0 Å². The number of aliphatic hydroxyl groups excluding tert-OH is 2. The predicted molar refractivity (Wildman–Crippen MR) is 128 cm³/mol. The van der Waals surface area contributed by atoms with Gasteiger partial charge in [-0.05, 0) is 74.6 Å². The highest BCUT2D eigenvalue weighted by molar-refractivity contribution is 7.13. The molecule has 1 heterocycles. The van der Waals surface area contributed by atoms with Gasteiger partial charge in [0.1, 0.15) is 10.6 Å². The number of para-hydroxylation sites is 1. The third kappa shape index (κ3) is 8.32. The van der Waals surface area contributed by atoms with Gasteiger partial charge in [-0.3, -0.25) is 0 Å². The maximum Gasteiger partial charge on any atom is 0.348 e. The fraction of sp³-hybridized carbons (Fsp3) is 0.577. The van der Waals surface area contributed by atoms with Gasteiger partial charge in [0.15, 0.2) is 6.61 Å². The number of alkyl halides is 2. The number of esters is 1. The lowest BCUT2D eigenvalue weighted by molar-refractivity contribution is -0.0564. The predicted octanol–water partition coefficient (Wildman–Crippen LogP) is 5.49. The van der Waals surface area contributed by atoms with Crippen LogP contribution in [0.4, 0.5) is 8.78 Å². The molecule has 3 rings (SSSR count). The molecule has 1 fully saturated rings. The quantitative estimate of drug-likeness (QED) is 0.267. The Morgan fingerprint density at radius 3 is 2.65 bits per heavy atom. The van der Waals surface area contributed by atoms with E-state index in [1.54, 1.807) is 36.4 Å². The van der Waals surface area contributed by atoms with Gasteiger partial charge in [-0.1, -0.05) is 18.2 Å². The van der Waals surface area contributed by atoms with E-state index in [-0.39, 0.29) is 43.9 Å². The summed E-state index contributed by atoms with van der Waals surface area (Å²) in [5.74, 6) is -2.79. The van der Waals surface area contributed by atoms with Crippen LogP contribution < -0.4 is 4.74 Å². The number of carbonyl (C=O) groups is 1. The van der Waals surface area contributed by atoms with Crippen LogP contribution in [-0.2, 0) is 11.2 Å². The highest BCUT2D eigenvalue weighted by atomic mass is 32.1. The second-order valence-electron chi connectivity index (χ2n) is 8.94. The van der Waals surface area contributed by atoms with E-state index in [2.05, 4.69) is 0 Å². The SMILES string of the molecule is O=C(OCCCO)c1ccc(CCC[C@H]2CC[C@@H](O)[C@@H]2CCC(F)(F)COc2ccccc2)s1. The molecule has 0 radical (unpaired) electrons. The molecule has 0 unspecified atom stereocenters. The number of halogens is 2. The molecule has 1 aliphatic rings. The van der Waals surface area contributed by atoms with Crippen molar-refractivity contribution < 1.29 is 33.3 Å². The third-order valence-corrected chi connectivity index (χ3v) is 7.49. The largest absolute Gasteiger partial charge is 0.487 e. The van der Waals surface area contributed by atoms with Crippen LogP contribution in [0, 0.1) is 11.8 Å². The summed E-state index contributed by atoms with van der Waals surface area (Å²) in [7, 11) is 0. The molecule has 0 bridgehead atoms. The topological polar surface area (TPSA) is 76.0 Å². The maximum atomic E-state index is 14.4. The lowest BCUT2D eigenvalue weighted by atomic mass is 9.86. The number of rotatable bonds is 14. The van der Waals surface area contributed by atoms with E-state index in [0.29, 0.717) is 23.5 Å². The Balaban J connectivity index is 1.41. The van der Waals surface area contributed by atoms with Crippen molar-refractivity contribution in [2.45, 2.75) is 63.4 Å². The second-order valence-corrected chi connectivity index (χ2v) is 10.1. The summed E-state index contributed by atoms with van der Waals surface area (Å²) in [4.78, 5) is 13.6. The first-order valence-corrected chi connectivity index (χ1v) is 12.8. The number of benzene rings is 1. The minimum Gasteiger partial charge on any atom is -0.487 e. The first-order valence-electron chi connectivity index (χ1n) is 12.0. The Kier molecular flexibility index (Phi) is 10.3. The summed E-state index contributed by atoms with van der Waals surface area (Å²) in [6.07, 6.45) is 3.92. The maximum absolute atomic E-state index is 14.4. The summed E-state index contributed by atoms with van der Waals surface area (Å²) in [6, 6.07) is 12.3. The van der Waals surface area contributed by atoms with Gasteiger partial charge in [-0.25, -0.2) is 13.6 Å². The highest BCUT2D eigenvalue weighted by Crippen LogP contribution is 2.40. The zero-order chi connectivity index (χ0) is 24.4. The van der Waals surface area contributed by atoms with E-state index in [4.69, 9.17) is 14.6 Å². The van der Waals surface area contributed by atoms with Crippen LogP contribution in [0.2, 0.25) is 0 Å². The smallest absolute Gasteiger partial charge is 0.348 e. The van der Waals surface area contributed by atoms with Crippen molar-refractivity contribution in [3.63, 3.8) is 0 Å². The molecule has 0 saturated heterocycles. The lowest BCUT2D eigenvalue weighted by Gasteiger charge is -2.25. The number of hydrogen-bond donors (Lipinski definition) is 2. The highest BCUT2D eigenvalue weighted by Gasteiger charge is 2.38. The number of aliphatic hydroxyl groups is 2. The van der Waals surface area contributed by atoms with Crippen molar-refractivity contribution >= 4 is 17.3 Å². The fourth-order valence-corrected chi connectivity index (χ4v) is 5.47. The van der Waals surface area contributed by atoms with Crippen molar-refractivity contribution in [1.82, 2.24) is 0 Å². The van der Waals surface area contributed by atoms with Crippen LogP contribution in [0.15, 0.2) is 42.5 Å². The van der Waals surface area contributed by atoms with Crippen LogP contribution in [0.1, 0.15) is 59.5 Å². The molecule has 0 amide bonds. The van der Waals surface area contributed by atoms with Gasteiger partial charge in [0.2, 0.25) is 0 Å². The molecule has 0 aliphatic heterocycles. The average molecular weight is 497 g/mol. The Bertz CT molecular complexity index is 873. The van der Waals surface area contributed by atoms with E-state index >= 15 is 0 Å². The summed E-state index contributed by atoms with van der Waals surface area (Å²) in [6.45, 7) is -0.474. The number of carbonyl (C=O) groups excluding carboxylic acids is 1. The molecule has 188 valence electrons. The van der Waals surface area contributed by atoms with Crippen molar-refractivity contribution in [2.24, 2.45) is 11.8 Å². The fourth-order valence-electron chi connectivity index (χ4n) is 4.53. The van der Waals surface area contributed by atoms with Crippen LogP contribution in [-0.4, -0.2) is 48.0 Å². The normalized spacial score (nSPS) is 20.4. The zero-order valence-corrected chi connectivity index (χ0v) is 20.2. The van der Waals surface area contributed by atoms with E-state index in [9.17, 15) is 18.7 Å².